The summed E-state index contributed by atoms with van der Waals surface area (Å²) in [4.78, 5) is 38.9. The Balaban J connectivity index is 1.59. The molecular weight excluding hydrogens is 418 g/mol. The van der Waals surface area contributed by atoms with Gasteiger partial charge in [-0.25, -0.2) is 0 Å². The Labute approximate surface area is 188 Å². The third-order valence-corrected chi connectivity index (χ3v) is 5.64. The van der Waals surface area contributed by atoms with E-state index in [0.29, 0.717) is 27.5 Å². The molecule has 0 unspecified atom stereocenters. The van der Waals surface area contributed by atoms with Crippen LogP contribution in [0.4, 0.5) is 5.69 Å². The van der Waals surface area contributed by atoms with E-state index in [4.69, 9.17) is 8.83 Å². The third-order valence-electron chi connectivity index (χ3n) is 5.64. The van der Waals surface area contributed by atoms with Gasteiger partial charge in [0, 0.05) is 17.0 Å². The smallest absolute Gasteiger partial charge is 0.291 e. The Bertz CT molecular complexity index is 1610. The van der Waals surface area contributed by atoms with Crippen LogP contribution in [0, 0.1) is 13.8 Å². The van der Waals surface area contributed by atoms with Crippen molar-refractivity contribution < 1.29 is 18.4 Å². The molecule has 162 valence electrons. The average Bonchev–Trinajstić information content (AvgIpc) is 3.18. The van der Waals surface area contributed by atoms with Crippen molar-refractivity contribution in [3.05, 3.63) is 111 Å². The maximum absolute atomic E-state index is 13.1. The predicted molar refractivity (Wildman–Crippen MR) is 126 cm³/mol. The Hall–Kier alpha value is -4.45. The van der Waals surface area contributed by atoms with Crippen molar-refractivity contribution >= 4 is 39.3 Å². The molecule has 1 N–H and O–H groups in total. The number of carbonyl (C=O) groups excluding carboxylic acids is 2. The summed E-state index contributed by atoms with van der Waals surface area (Å²) in [6, 6.07) is 20.3. The van der Waals surface area contributed by atoms with Crippen LogP contribution in [-0.2, 0) is 0 Å². The lowest BCUT2D eigenvalue weighted by Gasteiger charge is -2.08. The predicted octanol–water partition coefficient (Wildman–Crippen LogP) is 5.64. The number of ketones is 1. The number of hydrogen-bond acceptors (Lipinski definition) is 5. The zero-order chi connectivity index (χ0) is 23.1. The molecule has 3 aromatic carbocycles. The quantitative estimate of drug-likeness (QED) is 0.368. The first-order chi connectivity index (χ1) is 15.9. The van der Waals surface area contributed by atoms with Crippen molar-refractivity contribution in [1.82, 2.24) is 0 Å². The van der Waals surface area contributed by atoms with Crippen LogP contribution < -0.4 is 10.7 Å². The third kappa shape index (κ3) is 3.61. The first-order valence-electron chi connectivity index (χ1n) is 10.4. The maximum atomic E-state index is 13.1. The molecule has 0 spiro atoms. The standard InChI is InChI=1S/C27H19NO5/c1-15-12-19-20(29)14-23(32-22(19)13-16(15)2)27(31)28-24-18-10-6-7-11-21(18)33-26(24)25(30)17-8-4-3-5-9-17/h3-14H,1-2H3,(H,28,31). The molecule has 5 rings (SSSR count). The van der Waals surface area contributed by atoms with Crippen LogP contribution in [0.3, 0.4) is 0 Å². The highest BCUT2D eigenvalue weighted by Crippen LogP contribution is 2.33. The van der Waals surface area contributed by atoms with Crippen molar-refractivity contribution in [2.24, 2.45) is 0 Å². The highest BCUT2D eigenvalue weighted by molar-refractivity contribution is 6.18. The molecule has 1 amide bonds. The molecule has 2 heterocycles. The van der Waals surface area contributed by atoms with Crippen molar-refractivity contribution in [2.75, 3.05) is 5.32 Å². The van der Waals surface area contributed by atoms with Gasteiger partial charge >= 0.3 is 0 Å². The van der Waals surface area contributed by atoms with Gasteiger partial charge in [-0.1, -0.05) is 42.5 Å². The summed E-state index contributed by atoms with van der Waals surface area (Å²) in [6.45, 7) is 3.81. The topological polar surface area (TPSA) is 89.5 Å². The molecule has 0 saturated heterocycles. The number of benzene rings is 3. The van der Waals surface area contributed by atoms with Crippen molar-refractivity contribution in [1.29, 1.82) is 0 Å². The maximum Gasteiger partial charge on any atom is 0.291 e. The molecule has 6 heteroatoms. The molecule has 0 bridgehead atoms. The molecule has 0 fully saturated rings. The SMILES string of the molecule is Cc1cc2oc(C(=O)Nc3c(C(=O)c4ccccc4)oc4ccccc34)cc(=O)c2cc1C. The number of aryl methyl sites for hydroxylation is 2. The van der Waals surface area contributed by atoms with Gasteiger partial charge in [0.15, 0.2) is 16.9 Å². The first kappa shape index (κ1) is 20.5. The van der Waals surface area contributed by atoms with Gasteiger partial charge in [-0.15, -0.1) is 0 Å². The zero-order valence-corrected chi connectivity index (χ0v) is 18.0. The normalized spacial score (nSPS) is 11.1. The fourth-order valence-electron chi connectivity index (χ4n) is 3.75. The minimum atomic E-state index is -0.652. The number of anilines is 1. The van der Waals surface area contributed by atoms with Gasteiger partial charge in [-0.3, -0.25) is 14.4 Å². The van der Waals surface area contributed by atoms with Gasteiger partial charge in [0.05, 0.1) is 11.1 Å². The molecule has 0 saturated carbocycles. The fourth-order valence-corrected chi connectivity index (χ4v) is 3.75. The lowest BCUT2D eigenvalue weighted by Crippen LogP contribution is -2.16. The Morgan fingerprint density at radius 2 is 1.45 bits per heavy atom. The van der Waals surface area contributed by atoms with E-state index >= 15 is 0 Å². The largest absolute Gasteiger partial charge is 0.451 e. The van der Waals surface area contributed by atoms with E-state index in [1.165, 1.54) is 0 Å². The first-order valence-corrected chi connectivity index (χ1v) is 10.4. The van der Waals surface area contributed by atoms with Gasteiger partial charge in [0.25, 0.3) is 5.91 Å². The van der Waals surface area contributed by atoms with Crippen molar-refractivity contribution in [3.8, 4) is 0 Å². The molecule has 33 heavy (non-hydrogen) atoms. The van der Waals surface area contributed by atoms with E-state index in [-0.39, 0.29) is 28.4 Å². The number of fused-ring (bicyclic) bond motifs is 2. The summed E-state index contributed by atoms with van der Waals surface area (Å²) < 4.78 is 11.6. The van der Waals surface area contributed by atoms with Crippen LogP contribution >= 0.6 is 0 Å². The summed E-state index contributed by atoms with van der Waals surface area (Å²) in [5.74, 6) is -1.17. The summed E-state index contributed by atoms with van der Waals surface area (Å²) in [6.07, 6.45) is 0. The lowest BCUT2D eigenvalue weighted by atomic mass is 10.1. The molecule has 0 atom stereocenters. The number of carbonyl (C=O) groups is 2. The molecular formula is C27H19NO5. The second-order valence-electron chi connectivity index (χ2n) is 7.86. The monoisotopic (exact) mass is 437 g/mol. The van der Waals surface area contributed by atoms with Gasteiger partial charge in [0.2, 0.25) is 5.78 Å². The van der Waals surface area contributed by atoms with E-state index in [0.717, 1.165) is 17.2 Å². The number of nitrogens with one attached hydrogen (secondary N) is 1. The number of furan rings is 1. The van der Waals surface area contributed by atoms with Crippen LogP contribution in [0.25, 0.3) is 21.9 Å². The van der Waals surface area contributed by atoms with E-state index in [1.54, 1.807) is 60.7 Å². The zero-order valence-electron chi connectivity index (χ0n) is 18.0. The van der Waals surface area contributed by atoms with E-state index in [2.05, 4.69) is 5.32 Å². The number of rotatable bonds is 4. The van der Waals surface area contributed by atoms with E-state index < -0.39 is 5.91 Å². The average molecular weight is 437 g/mol. The summed E-state index contributed by atoms with van der Waals surface area (Å²) in [7, 11) is 0. The van der Waals surface area contributed by atoms with E-state index in [1.807, 2.05) is 19.9 Å². The van der Waals surface area contributed by atoms with Crippen LogP contribution in [0.5, 0.6) is 0 Å². The number of para-hydroxylation sites is 1. The molecule has 0 aliphatic heterocycles. The van der Waals surface area contributed by atoms with Gasteiger partial charge in [0.1, 0.15) is 11.2 Å². The summed E-state index contributed by atoms with van der Waals surface area (Å²) >= 11 is 0. The van der Waals surface area contributed by atoms with Gasteiger partial charge in [-0.05, 0) is 49.2 Å². The molecule has 0 aliphatic carbocycles. The van der Waals surface area contributed by atoms with Crippen molar-refractivity contribution in [2.45, 2.75) is 13.8 Å². The molecule has 0 radical (unpaired) electrons. The van der Waals surface area contributed by atoms with Crippen LogP contribution in [0.1, 0.15) is 37.8 Å². The minimum Gasteiger partial charge on any atom is -0.451 e. The number of hydrogen-bond donors (Lipinski definition) is 1. The second kappa shape index (κ2) is 7.91. The summed E-state index contributed by atoms with van der Waals surface area (Å²) in [5, 5.41) is 3.71. The van der Waals surface area contributed by atoms with Crippen LogP contribution in [0.15, 0.2) is 86.4 Å². The highest BCUT2D eigenvalue weighted by Gasteiger charge is 2.24. The molecule has 6 nitrogen and oxygen atoms in total. The highest BCUT2D eigenvalue weighted by atomic mass is 16.4. The second-order valence-corrected chi connectivity index (χ2v) is 7.86. The van der Waals surface area contributed by atoms with Crippen LogP contribution in [-0.4, -0.2) is 11.7 Å². The number of amides is 1. The van der Waals surface area contributed by atoms with Gasteiger partial charge < -0.3 is 14.2 Å². The Kier molecular flexibility index (Phi) is 4.90. The molecule has 0 aliphatic rings. The summed E-state index contributed by atoms with van der Waals surface area (Å²) in [5.41, 5.74) is 3.02. The molecule has 2 aromatic heterocycles. The Morgan fingerprint density at radius 3 is 2.24 bits per heavy atom. The minimum absolute atomic E-state index is 0.00496. The van der Waals surface area contributed by atoms with Crippen LogP contribution in [0.2, 0.25) is 0 Å². The van der Waals surface area contributed by atoms with Crippen molar-refractivity contribution in [3.63, 3.8) is 0 Å². The lowest BCUT2D eigenvalue weighted by molar-refractivity contribution is 0.0997. The molecule has 5 aromatic rings. The van der Waals surface area contributed by atoms with E-state index in [9.17, 15) is 14.4 Å². The Morgan fingerprint density at radius 1 is 0.758 bits per heavy atom. The van der Waals surface area contributed by atoms with Gasteiger partial charge in [-0.2, -0.15) is 0 Å². The fraction of sp³-hybridized carbons (Fsp3) is 0.0741.